The predicted molar refractivity (Wildman–Crippen MR) is 46.2 cm³/mol. The van der Waals surface area contributed by atoms with Crippen molar-refractivity contribution in [2.24, 2.45) is 0 Å². The Morgan fingerprint density at radius 1 is 1.15 bits per heavy atom. The van der Waals surface area contributed by atoms with E-state index in [4.69, 9.17) is 23.2 Å². The molecule has 1 rings (SSSR count). The molecule has 0 aliphatic carbocycles. The Bertz CT molecular complexity index is 331. The van der Waals surface area contributed by atoms with E-state index in [0.717, 1.165) is 6.07 Å². The van der Waals surface area contributed by atoms with E-state index in [1.54, 1.807) is 0 Å². The van der Waals surface area contributed by atoms with Crippen molar-refractivity contribution in [3.63, 3.8) is 0 Å². The molecule has 1 aromatic carbocycles. The van der Waals surface area contributed by atoms with E-state index in [9.17, 15) is 13.2 Å². The van der Waals surface area contributed by atoms with Crippen LogP contribution in [0.3, 0.4) is 0 Å². The summed E-state index contributed by atoms with van der Waals surface area (Å²) in [6.45, 7) is 1.53. The molecule has 0 aliphatic heterocycles. The van der Waals surface area contributed by atoms with Gasteiger partial charge in [-0.3, -0.25) is 0 Å². The third-order valence-corrected chi connectivity index (χ3v) is 2.28. The minimum Gasteiger partial charge on any atom is -0.166 e. The van der Waals surface area contributed by atoms with Crippen LogP contribution in [-0.2, 0) is 6.18 Å². The van der Waals surface area contributed by atoms with Crippen LogP contribution in [0.5, 0.6) is 0 Å². The summed E-state index contributed by atoms with van der Waals surface area (Å²) in [5.74, 6) is 0. The van der Waals surface area contributed by atoms with Crippen LogP contribution < -0.4 is 0 Å². The highest BCUT2D eigenvalue weighted by atomic mass is 35.5. The Labute approximate surface area is 83.3 Å². The van der Waals surface area contributed by atoms with Crippen LogP contribution in [0.15, 0.2) is 12.1 Å². The van der Waals surface area contributed by atoms with Gasteiger partial charge in [-0.05, 0) is 24.6 Å². The average Bonchev–Trinajstić information content (AvgIpc) is 1.94. The van der Waals surface area contributed by atoms with Crippen molar-refractivity contribution in [3.8, 4) is 0 Å². The second-order valence-electron chi connectivity index (χ2n) is 2.61. The van der Waals surface area contributed by atoms with Gasteiger partial charge in [-0.15, -0.1) is 0 Å². The van der Waals surface area contributed by atoms with Crippen LogP contribution >= 0.6 is 23.2 Å². The third kappa shape index (κ3) is 2.29. The lowest BCUT2D eigenvalue weighted by molar-refractivity contribution is -0.137. The van der Waals surface area contributed by atoms with E-state index in [2.05, 4.69) is 0 Å². The molecule has 5 heteroatoms. The van der Waals surface area contributed by atoms with Gasteiger partial charge in [0.2, 0.25) is 0 Å². The first-order valence-electron chi connectivity index (χ1n) is 3.35. The summed E-state index contributed by atoms with van der Waals surface area (Å²) >= 11 is 10.9. The first kappa shape index (κ1) is 10.7. The van der Waals surface area contributed by atoms with E-state index in [1.165, 1.54) is 13.0 Å². The van der Waals surface area contributed by atoms with Crippen LogP contribution in [0, 0.1) is 6.92 Å². The number of benzene rings is 1. The molecule has 0 saturated heterocycles. The smallest absolute Gasteiger partial charge is 0.166 e. The number of rotatable bonds is 0. The molecule has 0 saturated carbocycles. The fraction of sp³-hybridized carbons (Fsp3) is 0.250. The molecular weight excluding hydrogens is 224 g/mol. The Balaban J connectivity index is 3.37. The maximum atomic E-state index is 12.3. The second kappa shape index (κ2) is 3.39. The van der Waals surface area contributed by atoms with Crippen molar-refractivity contribution in [3.05, 3.63) is 33.3 Å². The summed E-state index contributed by atoms with van der Waals surface area (Å²) in [6.07, 6.45) is -4.45. The van der Waals surface area contributed by atoms with Gasteiger partial charge in [-0.1, -0.05) is 23.2 Å². The molecule has 0 aromatic heterocycles. The third-order valence-electron chi connectivity index (χ3n) is 1.48. The Morgan fingerprint density at radius 2 is 1.69 bits per heavy atom. The minimum absolute atomic E-state index is 0.0750. The summed E-state index contributed by atoms with van der Waals surface area (Å²) < 4.78 is 36.8. The Kier molecular flexibility index (Phi) is 2.78. The van der Waals surface area contributed by atoms with Crippen molar-refractivity contribution in [2.75, 3.05) is 0 Å². The molecule has 0 nitrogen and oxygen atoms in total. The molecule has 0 heterocycles. The summed E-state index contributed by atoms with van der Waals surface area (Å²) in [7, 11) is 0. The number of alkyl halides is 3. The minimum atomic E-state index is -4.45. The van der Waals surface area contributed by atoms with Gasteiger partial charge in [-0.2, -0.15) is 13.2 Å². The fourth-order valence-electron chi connectivity index (χ4n) is 0.931. The normalized spacial score (nSPS) is 11.8. The summed E-state index contributed by atoms with van der Waals surface area (Å²) in [5, 5.41) is -0.520. The van der Waals surface area contributed by atoms with Gasteiger partial charge in [0.15, 0.2) is 0 Å². The van der Waals surface area contributed by atoms with Crippen LogP contribution in [0.1, 0.15) is 11.1 Å². The summed E-state index contributed by atoms with van der Waals surface area (Å²) in [5.41, 5.74) is -0.458. The van der Waals surface area contributed by atoms with Gasteiger partial charge >= 0.3 is 6.18 Å². The Hall–Kier alpha value is -0.410. The van der Waals surface area contributed by atoms with Crippen molar-refractivity contribution in [1.82, 2.24) is 0 Å². The monoisotopic (exact) mass is 228 g/mol. The molecular formula is C8H5Cl2F3. The lowest BCUT2D eigenvalue weighted by Crippen LogP contribution is -2.06. The topological polar surface area (TPSA) is 0 Å². The molecule has 0 spiro atoms. The largest absolute Gasteiger partial charge is 0.417 e. The van der Waals surface area contributed by atoms with Crippen molar-refractivity contribution in [1.29, 1.82) is 0 Å². The molecule has 0 fully saturated rings. The fourth-order valence-corrected chi connectivity index (χ4v) is 1.42. The molecule has 13 heavy (non-hydrogen) atoms. The van der Waals surface area contributed by atoms with Gasteiger partial charge < -0.3 is 0 Å². The molecule has 0 bridgehead atoms. The quantitative estimate of drug-likeness (QED) is 0.621. The van der Waals surface area contributed by atoms with E-state index >= 15 is 0 Å². The molecule has 0 atom stereocenters. The average molecular weight is 229 g/mol. The SMILES string of the molecule is Cc1cc(Cl)c(Cl)c(C(F)(F)F)c1. The highest BCUT2D eigenvalue weighted by Gasteiger charge is 2.34. The maximum Gasteiger partial charge on any atom is 0.417 e. The molecule has 1 aromatic rings. The molecule has 0 aliphatic rings. The molecule has 0 radical (unpaired) electrons. The highest BCUT2D eigenvalue weighted by molar-refractivity contribution is 6.42. The molecule has 0 unspecified atom stereocenters. The number of hydrogen-bond donors (Lipinski definition) is 0. The van der Waals surface area contributed by atoms with Crippen molar-refractivity contribution in [2.45, 2.75) is 13.1 Å². The zero-order valence-electron chi connectivity index (χ0n) is 6.54. The molecule has 72 valence electrons. The first-order valence-corrected chi connectivity index (χ1v) is 4.11. The van der Waals surface area contributed by atoms with Gasteiger partial charge in [0.25, 0.3) is 0 Å². The first-order chi connectivity index (χ1) is 5.82. The lowest BCUT2D eigenvalue weighted by Gasteiger charge is -2.10. The van der Waals surface area contributed by atoms with E-state index in [1.807, 2.05) is 0 Å². The van der Waals surface area contributed by atoms with Gasteiger partial charge in [0.05, 0.1) is 15.6 Å². The van der Waals surface area contributed by atoms with E-state index < -0.39 is 16.8 Å². The predicted octanol–water partition coefficient (Wildman–Crippen LogP) is 4.32. The van der Waals surface area contributed by atoms with Crippen LogP contribution in [0.25, 0.3) is 0 Å². The molecule has 0 amide bonds. The van der Waals surface area contributed by atoms with Crippen LogP contribution in [0.4, 0.5) is 13.2 Å². The standard InChI is InChI=1S/C8H5Cl2F3/c1-4-2-5(8(11,12)13)7(10)6(9)3-4/h2-3H,1H3. The lowest BCUT2D eigenvalue weighted by atomic mass is 10.1. The van der Waals surface area contributed by atoms with Crippen molar-refractivity contribution >= 4 is 23.2 Å². The second-order valence-corrected chi connectivity index (χ2v) is 3.39. The highest BCUT2D eigenvalue weighted by Crippen LogP contribution is 2.38. The number of hydrogen-bond acceptors (Lipinski definition) is 0. The van der Waals surface area contributed by atoms with Gasteiger partial charge in [0.1, 0.15) is 0 Å². The van der Waals surface area contributed by atoms with Crippen LogP contribution in [-0.4, -0.2) is 0 Å². The zero-order valence-corrected chi connectivity index (χ0v) is 8.06. The van der Waals surface area contributed by atoms with E-state index in [0.29, 0.717) is 5.56 Å². The van der Waals surface area contributed by atoms with Gasteiger partial charge in [-0.25, -0.2) is 0 Å². The van der Waals surface area contributed by atoms with E-state index in [-0.39, 0.29) is 5.02 Å². The summed E-state index contributed by atoms with van der Waals surface area (Å²) in [4.78, 5) is 0. The molecule has 0 N–H and O–H groups in total. The maximum absolute atomic E-state index is 12.3. The van der Waals surface area contributed by atoms with Crippen LogP contribution in [0.2, 0.25) is 10.0 Å². The number of halogens is 5. The van der Waals surface area contributed by atoms with Gasteiger partial charge in [0, 0.05) is 0 Å². The Morgan fingerprint density at radius 3 is 2.15 bits per heavy atom. The van der Waals surface area contributed by atoms with Crippen molar-refractivity contribution < 1.29 is 13.2 Å². The zero-order chi connectivity index (χ0) is 10.2. The summed E-state index contributed by atoms with van der Waals surface area (Å²) in [6, 6.07) is 2.35. The number of aryl methyl sites for hydroxylation is 1.